The molecule has 0 unspecified atom stereocenters. The van der Waals surface area contributed by atoms with Gasteiger partial charge in [0.1, 0.15) is 6.07 Å². The molecule has 0 fully saturated rings. The molecule has 0 bridgehead atoms. The van der Waals surface area contributed by atoms with Crippen LogP contribution in [0.25, 0.3) is 5.69 Å². The van der Waals surface area contributed by atoms with Crippen LogP contribution >= 0.6 is 0 Å². The maximum Gasteiger partial charge on any atom is 0.175 e. The van der Waals surface area contributed by atoms with Gasteiger partial charge in [0.2, 0.25) is 0 Å². The number of nitrogens with zero attached hydrogens (tertiary/aromatic N) is 4. The van der Waals surface area contributed by atoms with Crippen molar-refractivity contribution in [3.63, 3.8) is 0 Å². The Bertz CT molecular complexity index is 1470. The van der Waals surface area contributed by atoms with Crippen LogP contribution in [0.1, 0.15) is 33.4 Å². The number of hydrogen-bond donors (Lipinski definition) is 0. The van der Waals surface area contributed by atoms with Crippen LogP contribution in [0.4, 0.5) is 0 Å². The third-order valence-electron chi connectivity index (χ3n) is 6.14. The molecule has 1 aliphatic heterocycles. The molecule has 0 atom stereocenters. The van der Waals surface area contributed by atoms with E-state index >= 15 is 0 Å². The Labute approximate surface area is 199 Å². The van der Waals surface area contributed by atoms with Crippen LogP contribution in [0.5, 0.6) is 0 Å². The third-order valence-corrected chi connectivity index (χ3v) is 7.26. The summed E-state index contributed by atoms with van der Waals surface area (Å²) in [5, 5.41) is 14.3. The molecule has 0 N–H and O–H groups in total. The van der Waals surface area contributed by atoms with Gasteiger partial charge in [0.25, 0.3) is 0 Å². The molecular formula is C27H24N4O2S. The van der Waals surface area contributed by atoms with Gasteiger partial charge in [0.05, 0.1) is 22.3 Å². The van der Waals surface area contributed by atoms with Crippen molar-refractivity contribution in [2.24, 2.45) is 0 Å². The fraction of sp³-hybridized carbons (Fsp3) is 0.185. The van der Waals surface area contributed by atoms with Crippen molar-refractivity contribution in [3.05, 3.63) is 113 Å². The summed E-state index contributed by atoms with van der Waals surface area (Å²) < 4.78 is 25.0. The highest BCUT2D eigenvalue weighted by molar-refractivity contribution is 7.90. The summed E-state index contributed by atoms with van der Waals surface area (Å²) >= 11 is 0. The van der Waals surface area contributed by atoms with Gasteiger partial charge in [-0.15, -0.1) is 0 Å². The lowest BCUT2D eigenvalue weighted by molar-refractivity contribution is 0.275. The van der Waals surface area contributed by atoms with Crippen LogP contribution in [-0.4, -0.2) is 29.4 Å². The van der Waals surface area contributed by atoms with E-state index in [1.807, 2.05) is 30.5 Å². The Kier molecular flexibility index (Phi) is 5.78. The first-order valence-corrected chi connectivity index (χ1v) is 12.9. The van der Waals surface area contributed by atoms with Gasteiger partial charge < -0.3 is 0 Å². The molecule has 34 heavy (non-hydrogen) atoms. The zero-order valence-electron chi connectivity index (χ0n) is 18.8. The number of rotatable bonds is 6. The average molecular weight is 469 g/mol. The lowest BCUT2D eigenvalue weighted by Gasteiger charge is -2.15. The van der Waals surface area contributed by atoms with Crippen molar-refractivity contribution in [3.8, 4) is 11.8 Å². The van der Waals surface area contributed by atoms with Gasteiger partial charge >= 0.3 is 0 Å². The molecule has 0 spiro atoms. The van der Waals surface area contributed by atoms with Crippen LogP contribution in [-0.2, 0) is 35.9 Å². The molecule has 1 aliphatic rings. The van der Waals surface area contributed by atoms with Gasteiger partial charge in [-0.2, -0.15) is 10.4 Å². The van der Waals surface area contributed by atoms with E-state index in [2.05, 4.69) is 46.4 Å². The van der Waals surface area contributed by atoms with Crippen molar-refractivity contribution in [1.82, 2.24) is 14.7 Å². The first-order chi connectivity index (χ1) is 16.4. The summed E-state index contributed by atoms with van der Waals surface area (Å²) in [7, 11) is -3.21. The SMILES string of the molecule is CS(=O)(=O)c1ccc(Cc2cnn(-c3ccc(CN4Cc5ccccc5C4)cc3C#N)c2)cc1. The Morgan fingerprint density at radius 2 is 1.62 bits per heavy atom. The Hall–Kier alpha value is -3.73. The maximum absolute atomic E-state index is 11.7. The second-order valence-corrected chi connectivity index (χ2v) is 10.8. The van der Waals surface area contributed by atoms with Crippen molar-refractivity contribution in [1.29, 1.82) is 5.26 Å². The van der Waals surface area contributed by atoms with E-state index in [-0.39, 0.29) is 0 Å². The second kappa shape index (κ2) is 8.90. The number of fused-ring (bicyclic) bond motifs is 1. The highest BCUT2D eigenvalue weighted by atomic mass is 32.2. The summed E-state index contributed by atoms with van der Waals surface area (Å²) in [6.45, 7) is 2.64. The van der Waals surface area contributed by atoms with Crippen LogP contribution in [0.2, 0.25) is 0 Å². The van der Waals surface area contributed by atoms with Crippen molar-refractivity contribution >= 4 is 9.84 Å². The highest BCUT2D eigenvalue weighted by Gasteiger charge is 2.19. The topological polar surface area (TPSA) is 79.0 Å². The van der Waals surface area contributed by atoms with Gasteiger partial charge in [-0.25, -0.2) is 13.1 Å². The predicted octanol–water partition coefficient (Wildman–Crippen LogP) is 4.25. The molecule has 0 saturated heterocycles. The first kappa shape index (κ1) is 22.1. The third kappa shape index (κ3) is 4.65. The largest absolute Gasteiger partial charge is 0.291 e. The Morgan fingerprint density at radius 3 is 2.26 bits per heavy atom. The number of aromatic nitrogens is 2. The summed E-state index contributed by atoms with van der Waals surface area (Å²) in [5.41, 5.74) is 7.15. The number of nitriles is 1. The Morgan fingerprint density at radius 1 is 0.941 bits per heavy atom. The fourth-order valence-corrected chi connectivity index (χ4v) is 5.05. The first-order valence-electron chi connectivity index (χ1n) is 11.0. The molecular weight excluding hydrogens is 444 g/mol. The number of sulfone groups is 1. The maximum atomic E-state index is 11.7. The molecule has 0 aliphatic carbocycles. The summed E-state index contributed by atoms with van der Waals surface area (Å²) in [6.07, 6.45) is 5.52. The van der Waals surface area contributed by atoms with E-state index in [0.29, 0.717) is 16.9 Å². The lowest BCUT2D eigenvalue weighted by atomic mass is 10.1. The monoisotopic (exact) mass is 468 g/mol. The molecule has 4 aromatic rings. The van der Waals surface area contributed by atoms with Gasteiger partial charge in [-0.1, -0.05) is 42.5 Å². The fourth-order valence-electron chi connectivity index (χ4n) is 4.42. The summed E-state index contributed by atoms with van der Waals surface area (Å²) in [5.74, 6) is 0. The van der Waals surface area contributed by atoms with E-state index in [0.717, 1.165) is 42.0 Å². The van der Waals surface area contributed by atoms with Gasteiger partial charge in [0, 0.05) is 38.5 Å². The smallest absolute Gasteiger partial charge is 0.175 e. The molecule has 7 heteroatoms. The van der Waals surface area contributed by atoms with E-state index in [4.69, 9.17) is 0 Å². The minimum Gasteiger partial charge on any atom is -0.291 e. The van der Waals surface area contributed by atoms with Crippen LogP contribution in [0.3, 0.4) is 0 Å². The zero-order valence-corrected chi connectivity index (χ0v) is 19.7. The van der Waals surface area contributed by atoms with E-state index in [1.165, 1.54) is 17.4 Å². The molecule has 0 amide bonds. The van der Waals surface area contributed by atoms with Gasteiger partial charge in [-0.05, 0) is 52.1 Å². The minimum absolute atomic E-state index is 0.309. The predicted molar refractivity (Wildman–Crippen MR) is 130 cm³/mol. The van der Waals surface area contributed by atoms with Crippen LogP contribution in [0.15, 0.2) is 84.0 Å². The van der Waals surface area contributed by atoms with E-state index < -0.39 is 9.84 Å². The standard InChI is InChI=1S/C27H24N4O2S/c1-34(32,33)26-9-6-20(7-10-26)12-22-15-29-31(17-22)27-11-8-21(13-25(27)14-28)16-30-18-23-4-2-3-5-24(23)19-30/h2-11,13,15,17H,12,16,18-19H2,1H3. The molecule has 5 rings (SSSR count). The average Bonchev–Trinajstić information content (AvgIpc) is 3.45. The molecule has 170 valence electrons. The molecule has 1 aromatic heterocycles. The number of benzene rings is 3. The molecule has 6 nitrogen and oxygen atoms in total. The van der Waals surface area contributed by atoms with Gasteiger partial charge in [0.15, 0.2) is 9.84 Å². The summed E-state index contributed by atoms with van der Waals surface area (Å²) in [4.78, 5) is 2.69. The Balaban J connectivity index is 1.30. The van der Waals surface area contributed by atoms with Crippen LogP contribution < -0.4 is 0 Å². The zero-order chi connectivity index (χ0) is 23.7. The lowest BCUT2D eigenvalue weighted by Crippen LogP contribution is -2.15. The normalized spacial score (nSPS) is 13.5. The van der Waals surface area contributed by atoms with Crippen molar-refractivity contribution in [2.45, 2.75) is 31.0 Å². The highest BCUT2D eigenvalue weighted by Crippen LogP contribution is 2.25. The molecule has 0 saturated carbocycles. The number of hydrogen-bond acceptors (Lipinski definition) is 5. The van der Waals surface area contributed by atoms with E-state index in [9.17, 15) is 13.7 Å². The minimum atomic E-state index is -3.21. The molecule has 2 heterocycles. The van der Waals surface area contributed by atoms with Crippen LogP contribution in [0, 0.1) is 11.3 Å². The van der Waals surface area contributed by atoms with Gasteiger partial charge in [-0.3, -0.25) is 4.90 Å². The quantitative estimate of drug-likeness (QED) is 0.423. The molecule has 3 aromatic carbocycles. The van der Waals surface area contributed by atoms with Crippen molar-refractivity contribution in [2.75, 3.05) is 6.26 Å². The summed E-state index contributed by atoms with van der Waals surface area (Å²) in [6, 6.07) is 23.7. The second-order valence-electron chi connectivity index (χ2n) is 8.76. The van der Waals surface area contributed by atoms with Crippen molar-refractivity contribution < 1.29 is 8.42 Å². The molecule has 0 radical (unpaired) electrons. The van der Waals surface area contributed by atoms with E-state index in [1.54, 1.807) is 23.0 Å².